The van der Waals surface area contributed by atoms with E-state index in [0.717, 1.165) is 0 Å². The van der Waals surface area contributed by atoms with Crippen LogP contribution in [0.15, 0.2) is 23.1 Å². The van der Waals surface area contributed by atoms with Crippen molar-refractivity contribution in [3.8, 4) is 5.88 Å². The zero-order valence-electron chi connectivity index (χ0n) is 13.9. The van der Waals surface area contributed by atoms with E-state index in [1.54, 1.807) is 14.1 Å². The molecule has 2 heterocycles. The van der Waals surface area contributed by atoms with Gasteiger partial charge in [0.2, 0.25) is 11.8 Å². The average Bonchev–Trinajstić information content (AvgIpc) is 2.93. The number of aromatic nitrogens is 4. The van der Waals surface area contributed by atoms with E-state index in [4.69, 9.17) is 27.9 Å². The van der Waals surface area contributed by atoms with Crippen LogP contribution in [0.3, 0.4) is 0 Å². The first-order valence-corrected chi connectivity index (χ1v) is 9.45. The third-order valence-electron chi connectivity index (χ3n) is 3.50. The molecule has 1 aromatic carbocycles. The van der Waals surface area contributed by atoms with Gasteiger partial charge in [-0.1, -0.05) is 29.3 Å². The maximum Gasteiger partial charge on any atom is 0.264 e. The fourth-order valence-electron chi connectivity index (χ4n) is 2.32. The van der Waals surface area contributed by atoms with Crippen LogP contribution in [0.5, 0.6) is 5.88 Å². The van der Waals surface area contributed by atoms with Gasteiger partial charge in [-0.2, -0.15) is 9.97 Å². The molecule has 3 aromatic rings. The number of sulfonamides is 1. The first-order valence-electron chi connectivity index (χ1n) is 7.21. The van der Waals surface area contributed by atoms with Crippen LogP contribution < -0.4 is 14.8 Å². The van der Waals surface area contributed by atoms with Gasteiger partial charge in [0.25, 0.3) is 10.0 Å². The molecule has 0 fully saturated rings. The van der Waals surface area contributed by atoms with Crippen molar-refractivity contribution in [1.82, 2.24) is 19.7 Å². The minimum absolute atomic E-state index is 0.000317. The summed E-state index contributed by atoms with van der Waals surface area (Å²) in [6.07, 6.45) is 0. The van der Waals surface area contributed by atoms with Gasteiger partial charge in [0.15, 0.2) is 11.5 Å². The number of nitrogens with one attached hydrogen (secondary N) is 2. The maximum absolute atomic E-state index is 12.8. The quantitative estimate of drug-likeness (QED) is 0.656. The molecule has 0 unspecified atom stereocenters. The molecule has 0 aliphatic rings. The van der Waals surface area contributed by atoms with Gasteiger partial charge in [0.1, 0.15) is 10.3 Å². The summed E-state index contributed by atoms with van der Waals surface area (Å²) >= 11 is 12.0. The van der Waals surface area contributed by atoms with Crippen molar-refractivity contribution in [1.29, 1.82) is 0 Å². The molecule has 0 aliphatic carbocycles. The molecule has 9 nitrogen and oxygen atoms in total. The van der Waals surface area contributed by atoms with E-state index in [0.29, 0.717) is 11.0 Å². The highest BCUT2D eigenvalue weighted by Gasteiger charge is 2.25. The van der Waals surface area contributed by atoms with Gasteiger partial charge >= 0.3 is 0 Å². The van der Waals surface area contributed by atoms with Crippen LogP contribution in [0.2, 0.25) is 10.0 Å². The molecule has 2 aromatic heterocycles. The summed E-state index contributed by atoms with van der Waals surface area (Å²) in [7, 11) is 0.609. The van der Waals surface area contributed by atoms with Gasteiger partial charge in [0.05, 0.1) is 17.2 Å². The summed E-state index contributed by atoms with van der Waals surface area (Å²) in [5, 5.41) is 7.29. The van der Waals surface area contributed by atoms with Crippen LogP contribution in [0, 0.1) is 0 Å². The van der Waals surface area contributed by atoms with Crippen LogP contribution in [0.25, 0.3) is 11.0 Å². The highest BCUT2D eigenvalue weighted by atomic mass is 35.5. The van der Waals surface area contributed by atoms with Gasteiger partial charge < -0.3 is 10.1 Å². The van der Waals surface area contributed by atoms with Gasteiger partial charge in [-0.3, -0.25) is 4.72 Å². The molecule has 138 valence electrons. The summed E-state index contributed by atoms with van der Waals surface area (Å²) in [5.41, 5.74) is 0.385. The summed E-state index contributed by atoms with van der Waals surface area (Å²) in [6, 6.07) is 4.32. The summed E-state index contributed by atoms with van der Waals surface area (Å²) in [6.45, 7) is 0. The molecule has 0 aliphatic heterocycles. The maximum atomic E-state index is 12.8. The number of nitrogens with zero attached hydrogens (tertiary/aromatic N) is 4. The smallest absolute Gasteiger partial charge is 0.264 e. The normalized spacial score (nSPS) is 11.6. The zero-order chi connectivity index (χ0) is 19.1. The van der Waals surface area contributed by atoms with Gasteiger partial charge in [-0.05, 0) is 12.1 Å². The number of aryl methyl sites for hydroxylation is 1. The molecule has 0 saturated carbocycles. The first kappa shape index (κ1) is 18.5. The minimum atomic E-state index is -4.08. The molecule has 12 heteroatoms. The summed E-state index contributed by atoms with van der Waals surface area (Å²) < 4.78 is 34.7. The number of rotatable bonds is 5. The minimum Gasteiger partial charge on any atom is -0.479 e. The lowest BCUT2D eigenvalue weighted by Gasteiger charge is -2.11. The van der Waals surface area contributed by atoms with E-state index >= 15 is 0 Å². The van der Waals surface area contributed by atoms with Crippen molar-refractivity contribution in [3.05, 3.63) is 28.2 Å². The van der Waals surface area contributed by atoms with Crippen LogP contribution in [-0.2, 0) is 17.1 Å². The van der Waals surface area contributed by atoms with Crippen LogP contribution >= 0.6 is 23.2 Å². The highest BCUT2D eigenvalue weighted by molar-refractivity contribution is 7.92. The Bertz CT molecular complexity index is 1100. The van der Waals surface area contributed by atoms with Gasteiger partial charge in [0, 0.05) is 14.1 Å². The Kier molecular flexibility index (Phi) is 4.82. The monoisotopic (exact) mass is 416 g/mol. The molecular formula is C14H14Cl2N6O3S. The number of ether oxygens (including phenoxy) is 1. The Hall–Kier alpha value is -2.30. The molecule has 0 spiro atoms. The lowest BCUT2D eigenvalue weighted by Crippen LogP contribution is -2.16. The molecule has 26 heavy (non-hydrogen) atoms. The zero-order valence-corrected chi connectivity index (χ0v) is 16.2. The predicted molar refractivity (Wildman–Crippen MR) is 99.7 cm³/mol. The largest absolute Gasteiger partial charge is 0.479 e. The number of methoxy groups -OCH3 is 1. The Morgan fingerprint density at radius 3 is 2.62 bits per heavy atom. The summed E-state index contributed by atoms with van der Waals surface area (Å²) in [5.74, 6) is 0.387. The van der Waals surface area contributed by atoms with Crippen molar-refractivity contribution in [2.45, 2.75) is 4.90 Å². The molecule has 0 atom stereocenters. The Morgan fingerprint density at radius 2 is 1.96 bits per heavy atom. The lowest BCUT2D eigenvalue weighted by molar-refractivity contribution is 0.396. The standard InChI is InChI=1S/C14H14Cl2N6O3S/c1-17-14-18-11(9-12(19-14)22(2)20-13(9)25-3)21-26(23,24)8-6-4-5-7(15)10(8)16/h4-6H,1-3H3,(H2,17,18,19,21). The van der Waals surface area contributed by atoms with Gasteiger partial charge in [-0.25, -0.2) is 13.1 Å². The number of hydrogen-bond acceptors (Lipinski definition) is 7. The lowest BCUT2D eigenvalue weighted by atomic mass is 10.4. The molecular weight excluding hydrogens is 403 g/mol. The number of anilines is 2. The third kappa shape index (κ3) is 3.11. The molecule has 0 saturated heterocycles. The molecule has 0 amide bonds. The van der Waals surface area contributed by atoms with Crippen molar-refractivity contribution < 1.29 is 13.2 Å². The van der Waals surface area contributed by atoms with Crippen LogP contribution in [-0.4, -0.2) is 42.3 Å². The molecule has 0 bridgehead atoms. The fraction of sp³-hybridized carbons (Fsp3) is 0.214. The average molecular weight is 417 g/mol. The van der Waals surface area contributed by atoms with E-state index < -0.39 is 10.0 Å². The Labute approximate surface area is 159 Å². The predicted octanol–water partition coefficient (Wildman–Crippen LogP) is 2.52. The van der Waals surface area contributed by atoms with E-state index in [2.05, 4.69) is 25.1 Å². The van der Waals surface area contributed by atoms with Crippen molar-refractivity contribution >= 4 is 56.0 Å². The Morgan fingerprint density at radius 1 is 1.23 bits per heavy atom. The SMILES string of the molecule is CNc1nc(NS(=O)(=O)c2cccc(Cl)c2Cl)c2c(OC)nn(C)c2n1. The van der Waals surface area contributed by atoms with E-state index in [9.17, 15) is 8.42 Å². The number of hydrogen-bond donors (Lipinski definition) is 2. The number of fused-ring (bicyclic) bond motifs is 1. The highest BCUT2D eigenvalue weighted by Crippen LogP contribution is 2.34. The van der Waals surface area contributed by atoms with E-state index in [-0.39, 0.29) is 32.6 Å². The van der Waals surface area contributed by atoms with Crippen molar-refractivity contribution in [3.63, 3.8) is 0 Å². The first-order chi connectivity index (χ1) is 12.3. The Balaban J connectivity index is 2.20. The second-order valence-corrected chi connectivity index (χ2v) is 7.57. The van der Waals surface area contributed by atoms with Crippen molar-refractivity contribution in [2.24, 2.45) is 7.05 Å². The molecule has 3 rings (SSSR count). The molecule has 2 N–H and O–H groups in total. The number of halogens is 2. The van der Waals surface area contributed by atoms with Crippen LogP contribution in [0.1, 0.15) is 0 Å². The number of benzene rings is 1. The topological polar surface area (TPSA) is 111 Å². The van der Waals surface area contributed by atoms with Crippen molar-refractivity contribution in [2.75, 3.05) is 24.2 Å². The van der Waals surface area contributed by atoms with Crippen LogP contribution in [0.4, 0.5) is 11.8 Å². The second-order valence-electron chi connectivity index (χ2n) is 5.13. The second kappa shape index (κ2) is 6.78. The fourth-order valence-corrected chi connectivity index (χ4v) is 4.09. The van der Waals surface area contributed by atoms with E-state index in [1.807, 2.05) is 0 Å². The molecule has 0 radical (unpaired) electrons. The van der Waals surface area contributed by atoms with Gasteiger partial charge in [-0.15, -0.1) is 5.10 Å². The third-order valence-corrected chi connectivity index (χ3v) is 5.82. The summed E-state index contributed by atoms with van der Waals surface area (Å²) in [4.78, 5) is 8.28. The van der Waals surface area contributed by atoms with E-state index in [1.165, 1.54) is 30.0 Å².